The van der Waals surface area contributed by atoms with Crippen LogP contribution in [0.3, 0.4) is 0 Å². The van der Waals surface area contributed by atoms with Gasteiger partial charge in [0.15, 0.2) is 0 Å². The van der Waals surface area contributed by atoms with E-state index in [0.717, 1.165) is 12.8 Å². The lowest BCUT2D eigenvalue weighted by Gasteiger charge is -2.36. The maximum absolute atomic E-state index is 12.2. The van der Waals surface area contributed by atoms with Crippen LogP contribution in [-0.2, 0) is 0 Å². The van der Waals surface area contributed by atoms with E-state index in [1.54, 1.807) is 6.08 Å². The van der Waals surface area contributed by atoms with Crippen LogP contribution in [0.25, 0.3) is 0 Å². The van der Waals surface area contributed by atoms with Crippen LogP contribution < -0.4 is 5.32 Å². The second-order valence-corrected chi connectivity index (χ2v) is 5.85. The number of amides is 2. The minimum atomic E-state index is -0.160. The molecule has 2 amide bonds. The van der Waals surface area contributed by atoms with E-state index in [1.165, 1.54) is 19.3 Å². The van der Waals surface area contributed by atoms with Gasteiger partial charge < -0.3 is 10.2 Å². The summed E-state index contributed by atoms with van der Waals surface area (Å²) in [6, 6.07) is 0.412. The Balaban J connectivity index is 2.55. The summed E-state index contributed by atoms with van der Waals surface area (Å²) in [7, 11) is 0. The van der Waals surface area contributed by atoms with Gasteiger partial charge in [0.1, 0.15) is 0 Å². The van der Waals surface area contributed by atoms with Gasteiger partial charge in [-0.05, 0) is 33.6 Å². The predicted octanol–water partition coefficient (Wildman–Crippen LogP) is 3.32. The number of rotatable bonds is 3. The van der Waals surface area contributed by atoms with Gasteiger partial charge >= 0.3 is 6.03 Å². The molecule has 3 heteroatoms. The van der Waals surface area contributed by atoms with Gasteiger partial charge in [-0.15, -0.1) is 6.58 Å². The first-order chi connectivity index (χ1) is 7.95. The van der Waals surface area contributed by atoms with Crippen molar-refractivity contribution in [2.45, 2.75) is 64.5 Å². The molecule has 1 fully saturated rings. The minimum Gasteiger partial charge on any atom is -0.335 e. The number of nitrogens with zero attached hydrogens (tertiary/aromatic N) is 1. The van der Waals surface area contributed by atoms with Gasteiger partial charge in [0.25, 0.3) is 0 Å². The van der Waals surface area contributed by atoms with Crippen LogP contribution in [-0.4, -0.2) is 29.1 Å². The van der Waals surface area contributed by atoms with Crippen LogP contribution in [0.5, 0.6) is 0 Å². The van der Waals surface area contributed by atoms with Gasteiger partial charge in [0, 0.05) is 18.1 Å². The molecule has 0 unspecified atom stereocenters. The highest BCUT2D eigenvalue weighted by Gasteiger charge is 2.27. The van der Waals surface area contributed by atoms with Gasteiger partial charge in [-0.2, -0.15) is 0 Å². The number of carbonyl (C=O) groups is 1. The zero-order chi connectivity index (χ0) is 12.9. The fourth-order valence-electron chi connectivity index (χ4n) is 2.29. The Morgan fingerprint density at radius 2 is 1.94 bits per heavy atom. The Bertz CT molecular complexity index is 262. The molecular formula is C14H26N2O. The quantitative estimate of drug-likeness (QED) is 0.752. The summed E-state index contributed by atoms with van der Waals surface area (Å²) >= 11 is 0. The summed E-state index contributed by atoms with van der Waals surface area (Å²) in [4.78, 5) is 14.1. The summed E-state index contributed by atoms with van der Waals surface area (Å²) in [5.41, 5.74) is -0.160. The van der Waals surface area contributed by atoms with Crippen molar-refractivity contribution < 1.29 is 4.79 Å². The molecule has 0 aromatic rings. The van der Waals surface area contributed by atoms with Crippen LogP contribution in [0.1, 0.15) is 52.9 Å². The summed E-state index contributed by atoms with van der Waals surface area (Å²) < 4.78 is 0. The van der Waals surface area contributed by atoms with Gasteiger partial charge in [0.2, 0.25) is 0 Å². The van der Waals surface area contributed by atoms with Crippen molar-refractivity contribution in [1.29, 1.82) is 0 Å². The maximum atomic E-state index is 12.2. The van der Waals surface area contributed by atoms with E-state index in [1.807, 2.05) is 4.90 Å². The highest BCUT2D eigenvalue weighted by atomic mass is 16.2. The Hall–Kier alpha value is -0.990. The molecule has 1 rings (SSSR count). The zero-order valence-corrected chi connectivity index (χ0v) is 11.5. The molecule has 1 aliphatic rings. The predicted molar refractivity (Wildman–Crippen MR) is 72.1 cm³/mol. The summed E-state index contributed by atoms with van der Waals surface area (Å²) in [5, 5.41) is 3.15. The Morgan fingerprint density at radius 1 is 1.35 bits per heavy atom. The molecular weight excluding hydrogens is 212 g/mol. The maximum Gasteiger partial charge on any atom is 0.318 e. The van der Waals surface area contributed by atoms with Gasteiger partial charge in [0.05, 0.1) is 0 Å². The Kier molecular flexibility index (Phi) is 5.03. The Morgan fingerprint density at radius 3 is 2.41 bits per heavy atom. The van der Waals surface area contributed by atoms with E-state index in [-0.39, 0.29) is 11.6 Å². The zero-order valence-electron chi connectivity index (χ0n) is 11.5. The molecule has 0 saturated heterocycles. The first-order valence-corrected chi connectivity index (χ1v) is 6.64. The topological polar surface area (TPSA) is 32.3 Å². The monoisotopic (exact) mass is 238 g/mol. The van der Waals surface area contributed by atoms with Crippen LogP contribution in [0.2, 0.25) is 0 Å². The molecule has 3 nitrogen and oxygen atoms in total. The lowest BCUT2D eigenvalue weighted by molar-refractivity contribution is 0.149. The molecule has 1 saturated carbocycles. The fourth-order valence-corrected chi connectivity index (χ4v) is 2.29. The molecule has 0 aromatic carbocycles. The third-order valence-corrected chi connectivity index (χ3v) is 3.30. The van der Waals surface area contributed by atoms with Crippen LogP contribution in [0.15, 0.2) is 12.7 Å². The van der Waals surface area contributed by atoms with E-state index in [0.29, 0.717) is 12.6 Å². The first kappa shape index (κ1) is 14.1. The van der Waals surface area contributed by atoms with Crippen molar-refractivity contribution in [3.05, 3.63) is 12.7 Å². The van der Waals surface area contributed by atoms with Gasteiger partial charge in [-0.1, -0.05) is 25.3 Å². The highest BCUT2D eigenvalue weighted by molar-refractivity contribution is 5.75. The third kappa shape index (κ3) is 4.41. The van der Waals surface area contributed by atoms with E-state index < -0.39 is 0 Å². The van der Waals surface area contributed by atoms with E-state index in [2.05, 4.69) is 32.7 Å². The van der Waals surface area contributed by atoms with Crippen molar-refractivity contribution in [2.75, 3.05) is 6.54 Å². The summed E-state index contributed by atoms with van der Waals surface area (Å²) in [6.07, 6.45) is 7.81. The normalized spacial score (nSPS) is 17.6. The van der Waals surface area contributed by atoms with Crippen molar-refractivity contribution >= 4 is 6.03 Å². The number of urea groups is 1. The van der Waals surface area contributed by atoms with E-state index in [4.69, 9.17) is 0 Å². The van der Waals surface area contributed by atoms with Crippen molar-refractivity contribution in [3.8, 4) is 0 Å². The molecule has 0 spiro atoms. The summed E-state index contributed by atoms with van der Waals surface area (Å²) in [6.45, 7) is 10.5. The number of hydrogen-bond acceptors (Lipinski definition) is 1. The van der Waals surface area contributed by atoms with Crippen LogP contribution >= 0.6 is 0 Å². The lowest BCUT2D eigenvalue weighted by atomic mass is 9.95. The minimum absolute atomic E-state index is 0.0456. The second kappa shape index (κ2) is 6.08. The average molecular weight is 238 g/mol. The van der Waals surface area contributed by atoms with E-state index in [9.17, 15) is 4.79 Å². The number of hydrogen-bond donors (Lipinski definition) is 1. The molecule has 0 atom stereocenters. The molecule has 0 aliphatic heterocycles. The molecule has 0 aromatic heterocycles. The average Bonchev–Trinajstić information content (AvgIpc) is 2.25. The van der Waals surface area contributed by atoms with Crippen molar-refractivity contribution in [2.24, 2.45) is 0 Å². The SMILES string of the molecule is C=CCN(C(=O)NC1CCCCC1)C(C)(C)C. The first-order valence-electron chi connectivity index (χ1n) is 6.64. The van der Waals surface area contributed by atoms with Gasteiger partial charge in [-0.3, -0.25) is 0 Å². The standard InChI is InChI=1S/C14H26N2O/c1-5-11-16(14(2,3)4)13(17)15-12-9-7-6-8-10-12/h5,12H,1,6-11H2,2-4H3,(H,15,17). The van der Waals surface area contributed by atoms with Crippen molar-refractivity contribution in [1.82, 2.24) is 10.2 Å². The molecule has 0 bridgehead atoms. The lowest BCUT2D eigenvalue weighted by Crippen LogP contribution is -2.53. The number of carbonyl (C=O) groups excluding carboxylic acids is 1. The third-order valence-electron chi connectivity index (χ3n) is 3.30. The summed E-state index contributed by atoms with van der Waals surface area (Å²) in [5.74, 6) is 0. The van der Waals surface area contributed by atoms with E-state index >= 15 is 0 Å². The van der Waals surface area contributed by atoms with Crippen LogP contribution in [0.4, 0.5) is 4.79 Å². The molecule has 98 valence electrons. The molecule has 17 heavy (non-hydrogen) atoms. The molecule has 0 radical (unpaired) electrons. The van der Waals surface area contributed by atoms with Crippen LogP contribution in [0, 0.1) is 0 Å². The fraction of sp³-hybridized carbons (Fsp3) is 0.786. The highest BCUT2D eigenvalue weighted by Crippen LogP contribution is 2.19. The Labute approximate surface area is 105 Å². The second-order valence-electron chi connectivity index (χ2n) is 5.85. The largest absolute Gasteiger partial charge is 0.335 e. The molecule has 1 aliphatic carbocycles. The number of nitrogens with one attached hydrogen (secondary N) is 1. The molecule has 0 heterocycles. The smallest absolute Gasteiger partial charge is 0.318 e. The molecule has 1 N–H and O–H groups in total. The van der Waals surface area contributed by atoms with Gasteiger partial charge in [-0.25, -0.2) is 4.79 Å². The van der Waals surface area contributed by atoms with Crippen molar-refractivity contribution in [3.63, 3.8) is 0 Å².